The molecule has 0 saturated heterocycles. The normalized spacial score (nSPS) is 16.7. The number of hydrogen-bond donors (Lipinski definition) is 0. The largest absolute Gasteiger partial charge is 0.475 e. The number of nitrogens with zero attached hydrogens (tertiary/aromatic N) is 4. The second-order valence-electron chi connectivity index (χ2n) is 11.1. The number of benzene rings is 4. The zero-order valence-electron chi connectivity index (χ0n) is 26.1. The Bertz CT molecular complexity index is 2330. The minimum Gasteiger partial charge on any atom is -0.475 e. The molecule has 0 fully saturated rings. The second-order valence-corrected chi connectivity index (χ2v) is 11.1. The van der Waals surface area contributed by atoms with E-state index in [4.69, 9.17) is 13.8 Å². The smallest absolute Gasteiger partial charge is 0.216 e. The SMILES string of the molecule is [2H]C([2H])([2H])[C@@H]1COC(c2cc(C)cc(-n3c4ccc(C)cc4c4ccc(-n5c6ccc(C)cc6c6cccnc65)cc43)c2)=N1. The zero-order valence-corrected chi connectivity index (χ0v) is 23.1. The van der Waals surface area contributed by atoms with Crippen molar-refractivity contribution in [1.29, 1.82) is 0 Å². The van der Waals surface area contributed by atoms with Gasteiger partial charge in [-0.25, -0.2) is 9.98 Å². The molecule has 1 atom stereocenters. The Hall–Kier alpha value is -4.90. The summed E-state index contributed by atoms with van der Waals surface area (Å²) >= 11 is 0. The van der Waals surface area contributed by atoms with Gasteiger partial charge in [0, 0.05) is 48.8 Å². The van der Waals surface area contributed by atoms with Gasteiger partial charge in [-0.2, -0.15) is 0 Å². The van der Waals surface area contributed by atoms with Crippen molar-refractivity contribution in [3.63, 3.8) is 0 Å². The van der Waals surface area contributed by atoms with E-state index in [-0.39, 0.29) is 6.61 Å². The highest BCUT2D eigenvalue weighted by molar-refractivity contribution is 6.11. The number of aryl methyl sites for hydroxylation is 3. The van der Waals surface area contributed by atoms with Crippen molar-refractivity contribution in [3.05, 3.63) is 113 Å². The maximum Gasteiger partial charge on any atom is 0.216 e. The van der Waals surface area contributed by atoms with E-state index in [0.29, 0.717) is 5.90 Å². The maximum absolute atomic E-state index is 7.80. The molecule has 0 unspecified atom stereocenters. The monoisotopic (exact) mass is 537 g/mol. The Labute approximate surface area is 242 Å². The van der Waals surface area contributed by atoms with Crippen molar-refractivity contribution in [2.75, 3.05) is 6.61 Å². The van der Waals surface area contributed by atoms with Crippen LogP contribution in [0.5, 0.6) is 0 Å². The Kier molecular flexibility index (Phi) is 4.49. The standard InChI is InChI=1S/C36H30N4O/c1-21-7-11-32-30(16-21)28-10-9-26(40-33-12-8-22(2)17-31(33)29-6-5-13-37-35(29)40)19-34(28)39(32)27-15-23(3)14-25(18-27)36-38-24(4)20-41-36/h5-19,24H,20H2,1-4H3/t24-/m1/s1/i4D3. The molecule has 200 valence electrons. The van der Waals surface area contributed by atoms with Crippen molar-refractivity contribution >= 4 is 49.6 Å². The fourth-order valence-electron chi connectivity index (χ4n) is 6.31. The maximum atomic E-state index is 7.80. The van der Waals surface area contributed by atoms with Gasteiger partial charge in [0.1, 0.15) is 12.3 Å². The van der Waals surface area contributed by atoms with Crippen LogP contribution in [0, 0.1) is 20.8 Å². The molecule has 0 spiro atoms. The van der Waals surface area contributed by atoms with Crippen LogP contribution in [0.1, 0.15) is 33.2 Å². The number of aromatic nitrogens is 3. The van der Waals surface area contributed by atoms with E-state index in [0.717, 1.165) is 55.5 Å². The topological polar surface area (TPSA) is 44.3 Å². The summed E-state index contributed by atoms with van der Waals surface area (Å²) in [7, 11) is 0. The summed E-state index contributed by atoms with van der Waals surface area (Å²) in [5.74, 6) is 0.375. The highest BCUT2D eigenvalue weighted by atomic mass is 16.5. The van der Waals surface area contributed by atoms with Crippen LogP contribution in [-0.4, -0.2) is 32.7 Å². The molecule has 5 heteroatoms. The molecular formula is C36H30N4O. The van der Waals surface area contributed by atoms with Gasteiger partial charge in [0.15, 0.2) is 0 Å². The molecule has 41 heavy (non-hydrogen) atoms. The summed E-state index contributed by atoms with van der Waals surface area (Å²) in [6, 6.07) is 29.2. The van der Waals surface area contributed by atoms with Crippen LogP contribution in [0.25, 0.3) is 55.1 Å². The number of pyridine rings is 1. The first-order chi connectivity index (χ1) is 21.2. The predicted octanol–water partition coefficient (Wildman–Crippen LogP) is 8.37. The number of aliphatic imine (C=N–C) groups is 1. The molecule has 0 bridgehead atoms. The summed E-state index contributed by atoms with van der Waals surface area (Å²) in [5, 5.41) is 4.62. The first kappa shape index (κ1) is 20.9. The van der Waals surface area contributed by atoms with Crippen molar-refractivity contribution in [3.8, 4) is 11.4 Å². The number of fused-ring (bicyclic) bond motifs is 6. The molecule has 0 radical (unpaired) electrons. The summed E-state index contributed by atoms with van der Waals surface area (Å²) in [4.78, 5) is 9.27. The second kappa shape index (κ2) is 8.80. The number of rotatable bonds is 3. The van der Waals surface area contributed by atoms with Crippen LogP contribution in [0.3, 0.4) is 0 Å². The van der Waals surface area contributed by atoms with Gasteiger partial charge in [-0.3, -0.25) is 4.57 Å². The number of ether oxygens (including phenoxy) is 1. The van der Waals surface area contributed by atoms with Crippen molar-refractivity contribution in [2.24, 2.45) is 4.99 Å². The quantitative estimate of drug-likeness (QED) is 0.227. The first-order valence-electron chi connectivity index (χ1n) is 15.4. The summed E-state index contributed by atoms with van der Waals surface area (Å²) in [6.45, 7) is 4.13. The first-order valence-corrected chi connectivity index (χ1v) is 13.9. The van der Waals surface area contributed by atoms with Gasteiger partial charge in [0.25, 0.3) is 0 Å². The third kappa shape index (κ3) is 3.69. The van der Waals surface area contributed by atoms with Gasteiger partial charge in [-0.05, 0) is 99.9 Å². The Morgan fingerprint density at radius 2 is 1.49 bits per heavy atom. The molecule has 3 aromatic heterocycles. The highest BCUT2D eigenvalue weighted by Crippen LogP contribution is 2.37. The fourth-order valence-corrected chi connectivity index (χ4v) is 6.31. The van der Waals surface area contributed by atoms with Gasteiger partial charge in [-0.15, -0.1) is 0 Å². The molecule has 0 N–H and O–H groups in total. The molecule has 7 aromatic rings. The molecule has 0 aliphatic carbocycles. The van der Waals surface area contributed by atoms with E-state index >= 15 is 0 Å². The molecule has 5 nitrogen and oxygen atoms in total. The Morgan fingerprint density at radius 1 is 0.707 bits per heavy atom. The number of hydrogen-bond acceptors (Lipinski definition) is 3. The van der Waals surface area contributed by atoms with Crippen LogP contribution in [0.4, 0.5) is 0 Å². The van der Waals surface area contributed by atoms with Gasteiger partial charge >= 0.3 is 0 Å². The van der Waals surface area contributed by atoms with Gasteiger partial charge < -0.3 is 9.30 Å². The van der Waals surface area contributed by atoms with E-state index in [9.17, 15) is 0 Å². The molecule has 8 rings (SSSR count). The molecule has 1 aliphatic rings. The van der Waals surface area contributed by atoms with Crippen LogP contribution < -0.4 is 0 Å². The lowest BCUT2D eigenvalue weighted by Gasteiger charge is -2.13. The molecular weight excluding hydrogens is 504 g/mol. The average molecular weight is 538 g/mol. The average Bonchev–Trinajstić information content (AvgIpc) is 3.70. The van der Waals surface area contributed by atoms with Gasteiger partial charge in [0.2, 0.25) is 5.90 Å². The lowest BCUT2D eigenvalue weighted by molar-refractivity contribution is 0.324. The van der Waals surface area contributed by atoms with E-state index in [1.54, 1.807) is 0 Å². The van der Waals surface area contributed by atoms with Crippen molar-refractivity contribution < 1.29 is 8.85 Å². The molecule has 0 saturated carbocycles. The van der Waals surface area contributed by atoms with E-state index in [2.05, 4.69) is 94.7 Å². The van der Waals surface area contributed by atoms with Crippen LogP contribution in [0.2, 0.25) is 0 Å². The van der Waals surface area contributed by atoms with Crippen LogP contribution in [0.15, 0.2) is 96.1 Å². The lowest BCUT2D eigenvalue weighted by Crippen LogP contribution is -2.04. The van der Waals surface area contributed by atoms with Crippen molar-refractivity contribution in [2.45, 2.75) is 33.7 Å². The van der Waals surface area contributed by atoms with E-state index in [1.807, 2.05) is 31.3 Å². The van der Waals surface area contributed by atoms with Crippen LogP contribution >= 0.6 is 0 Å². The van der Waals surface area contributed by atoms with E-state index in [1.165, 1.54) is 21.9 Å². The third-order valence-electron chi connectivity index (χ3n) is 8.06. The summed E-state index contributed by atoms with van der Waals surface area (Å²) in [6.07, 6.45) is 1.85. The molecule has 4 heterocycles. The van der Waals surface area contributed by atoms with Crippen molar-refractivity contribution in [1.82, 2.24) is 14.1 Å². The lowest BCUT2D eigenvalue weighted by atomic mass is 10.1. The highest BCUT2D eigenvalue weighted by Gasteiger charge is 2.20. The zero-order chi connectivity index (χ0) is 30.3. The molecule has 1 aliphatic heterocycles. The van der Waals surface area contributed by atoms with Crippen LogP contribution in [-0.2, 0) is 4.74 Å². The molecule has 4 aromatic carbocycles. The van der Waals surface area contributed by atoms with Gasteiger partial charge in [0.05, 0.1) is 22.6 Å². The molecule has 0 amide bonds. The van der Waals surface area contributed by atoms with Gasteiger partial charge in [-0.1, -0.05) is 29.3 Å². The third-order valence-corrected chi connectivity index (χ3v) is 8.06. The minimum absolute atomic E-state index is 0.0550. The Morgan fingerprint density at radius 3 is 2.27 bits per heavy atom. The summed E-state index contributed by atoms with van der Waals surface area (Å²) in [5.41, 5.74) is 10.4. The minimum atomic E-state index is -2.20. The summed E-state index contributed by atoms with van der Waals surface area (Å²) < 4.78 is 33.8. The fraction of sp³-hybridized carbons (Fsp3) is 0.167. The van der Waals surface area contributed by atoms with E-state index < -0.39 is 12.9 Å². The Balaban J connectivity index is 1.39. The predicted molar refractivity (Wildman–Crippen MR) is 169 cm³/mol.